The number of fused-ring (bicyclic) bond motifs is 3. The highest BCUT2D eigenvalue weighted by Crippen LogP contribution is 2.79. The summed E-state index contributed by atoms with van der Waals surface area (Å²) in [5.74, 6) is -1.74. The number of rotatable bonds is 5. The standard InChI is InChI=1S/C25H19BrO5/c1-3-14-6-8-15(9-7-14)21(27)24(2)20-17-13-16(26)10-11-18(17)31-23(29)25(20,24)22(28)19-5-4-12-30-19/h4-13,20H,3H2,1-2H3/t20-,24-,25-/m0/s1. The van der Waals surface area contributed by atoms with Crippen molar-refractivity contribution in [3.63, 3.8) is 0 Å². The molecule has 5 rings (SSSR count). The van der Waals surface area contributed by atoms with Crippen molar-refractivity contribution >= 4 is 33.5 Å². The van der Waals surface area contributed by atoms with Crippen LogP contribution >= 0.6 is 15.9 Å². The van der Waals surface area contributed by atoms with Gasteiger partial charge in [-0.3, -0.25) is 14.4 Å². The van der Waals surface area contributed by atoms with E-state index in [1.54, 1.807) is 37.3 Å². The van der Waals surface area contributed by atoms with Crippen LogP contribution in [-0.4, -0.2) is 17.5 Å². The number of aryl methyl sites for hydroxylation is 1. The fourth-order valence-corrected chi connectivity index (χ4v) is 5.45. The molecule has 6 heteroatoms. The van der Waals surface area contributed by atoms with Crippen LogP contribution in [0.3, 0.4) is 0 Å². The molecule has 1 saturated carbocycles. The van der Waals surface area contributed by atoms with Gasteiger partial charge in [-0.25, -0.2) is 0 Å². The highest BCUT2D eigenvalue weighted by atomic mass is 79.9. The molecule has 3 atom stereocenters. The highest BCUT2D eigenvalue weighted by molar-refractivity contribution is 9.10. The van der Waals surface area contributed by atoms with Crippen molar-refractivity contribution in [2.75, 3.05) is 0 Å². The fraction of sp³-hybridized carbons (Fsp3) is 0.240. The van der Waals surface area contributed by atoms with E-state index in [1.165, 1.54) is 12.3 Å². The second-order valence-corrected chi connectivity index (χ2v) is 9.12. The Kier molecular flexibility index (Phi) is 4.35. The molecule has 156 valence electrons. The van der Waals surface area contributed by atoms with Gasteiger partial charge in [0.1, 0.15) is 5.75 Å². The number of carbonyl (C=O) groups is 3. The van der Waals surface area contributed by atoms with Gasteiger partial charge in [-0.2, -0.15) is 0 Å². The number of esters is 1. The summed E-state index contributed by atoms with van der Waals surface area (Å²) >= 11 is 3.45. The number of benzene rings is 2. The average molecular weight is 479 g/mol. The number of ether oxygens (including phenoxy) is 1. The summed E-state index contributed by atoms with van der Waals surface area (Å²) in [6.07, 6.45) is 2.23. The minimum absolute atomic E-state index is 0.0400. The number of hydrogen-bond donors (Lipinski definition) is 0. The number of Topliss-reactive ketones (excluding diaryl/α,β-unsaturated/α-hetero) is 2. The van der Waals surface area contributed by atoms with E-state index < -0.39 is 28.5 Å². The van der Waals surface area contributed by atoms with Gasteiger partial charge in [0.2, 0.25) is 5.78 Å². The predicted octanol–water partition coefficient (Wildman–Crippen LogP) is 5.38. The quantitative estimate of drug-likeness (QED) is 0.213. The third kappa shape index (κ3) is 2.51. The van der Waals surface area contributed by atoms with Crippen LogP contribution in [0.2, 0.25) is 0 Å². The zero-order valence-electron chi connectivity index (χ0n) is 17.0. The highest BCUT2D eigenvalue weighted by Gasteiger charge is 2.88. The van der Waals surface area contributed by atoms with Crippen LogP contribution < -0.4 is 4.74 Å². The van der Waals surface area contributed by atoms with Gasteiger partial charge >= 0.3 is 5.97 Å². The zero-order chi connectivity index (χ0) is 22.0. The first-order valence-corrected chi connectivity index (χ1v) is 10.9. The lowest BCUT2D eigenvalue weighted by atomic mass is 9.83. The Bertz CT molecular complexity index is 1230. The lowest BCUT2D eigenvalue weighted by Gasteiger charge is -2.22. The first-order valence-electron chi connectivity index (χ1n) is 10.1. The van der Waals surface area contributed by atoms with E-state index in [-0.39, 0.29) is 11.5 Å². The summed E-state index contributed by atoms with van der Waals surface area (Å²) < 4.78 is 11.7. The largest absolute Gasteiger partial charge is 0.461 e. The van der Waals surface area contributed by atoms with Crippen molar-refractivity contribution in [1.29, 1.82) is 0 Å². The Hall–Kier alpha value is -2.99. The fourth-order valence-electron chi connectivity index (χ4n) is 5.07. The molecule has 2 aliphatic rings. The van der Waals surface area contributed by atoms with E-state index in [1.807, 2.05) is 25.1 Å². The molecule has 1 fully saturated rings. The molecule has 5 nitrogen and oxygen atoms in total. The molecule has 0 radical (unpaired) electrons. The maximum atomic E-state index is 13.8. The minimum Gasteiger partial charge on any atom is -0.461 e. The Morgan fingerprint density at radius 3 is 2.45 bits per heavy atom. The van der Waals surface area contributed by atoms with E-state index in [0.717, 1.165) is 16.5 Å². The molecule has 31 heavy (non-hydrogen) atoms. The summed E-state index contributed by atoms with van der Waals surface area (Å²) in [7, 11) is 0. The Labute approximate surface area is 187 Å². The summed E-state index contributed by atoms with van der Waals surface area (Å²) in [6, 6.07) is 15.7. The van der Waals surface area contributed by atoms with Gasteiger partial charge in [0.05, 0.1) is 11.7 Å². The zero-order valence-corrected chi connectivity index (χ0v) is 18.6. The predicted molar refractivity (Wildman–Crippen MR) is 116 cm³/mol. The van der Waals surface area contributed by atoms with Gasteiger partial charge < -0.3 is 9.15 Å². The molecule has 3 aromatic rings. The average Bonchev–Trinajstić information content (AvgIpc) is 3.09. The molecule has 2 heterocycles. The van der Waals surface area contributed by atoms with Gasteiger partial charge in [-0.1, -0.05) is 54.0 Å². The monoisotopic (exact) mass is 478 g/mol. The van der Waals surface area contributed by atoms with E-state index in [2.05, 4.69) is 15.9 Å². The van der Waals surface area contributed by atoms with Gasteiger partial charge in [-0.15, -0.1) is 0 Å². The van der Waals surface area contributed by atoms with Crippen LogP contribution in [-0.2, 0) is 11.2 Å². The Morgan fingerprint density at radius 2 is 1.81 bits per heavy atom. The molecule has 2 aromatic carbocycles. The number of carbonyl (C=O) groups excluding carboxylic acids is 3. The summed E-state index contributed by atoms with van der Waals surface area (Å²) in [5, 5.41) is 0. The first-order chi connectivity index (χ1) is 14.9. The van der Waals surface area contributed by atoms with E-state index >= 15 is 0 Å². The molecule has 0 spiro atoms. The molecule has 1 aliphatic carbocycles. The first kappa shape index (κ1) is 19.9. The Balaban J connectivity index is 1.70. The van der Waals surface area contributed by atoms with Crippen LogP contribution in [0.15, 0.2) is 69.8 Å². The van der Waals surface area contributed by atoms with Crippen molar-refractivity contribution < 1.29 is 23.5 Å². The summed E-state index contributed by atoms with van der Waals surface area (Å²) in [4.78, 5) is 40.8. The number of furan rings is 1. The van der Waals surface area contributed by atoms with E-state index in [0.29, 0.717) is 16.9 Å². The molecule has 0 N–H and O–H groups in total. The second-order valence-electron chi connectivity index (χ2n) is 8.20. The smallest absolute Gasteiger partial charge is 0.327 e. The van der Waals surface area contributed by atoms with Crippen LogP contribution in [0.25, 0.3) is 0 Å². The number of ketones is 2. The van der Waals surface area contributed by atoms with Crippen LogP contribution in [0.5, 0.6) is 5.75 Å². The summed E-state index contributed by atoms with van der Waals surface area (Å²) in [6.45, 7) is 3.72. The van der Waals surface area contributed by atoms with Crippen molar-refractivity contribution in [2.24, 2.45) is 10.8 Å². The normalized spacial score (nSPS) is 25.9. The van der Waals surface area contributed by atoms with Gasteiger partial charge in [0, 0.05) is 21.5 Å². The molecule has 0 amide bonds. The Morgan fingerprint density at radius 1 is 1.06 bits per heavy atom. The summed E-state index contributed by atoms with van der Waals surface area (Å²) in [5.41, 5.74) is -0.739. The maximum absolute atomic E-state index is 13.8. The third-order valence-corrected chi connectivity index (χ3v) is 7.25. The SMILES string of the molecule is CCc1ccc(C(=O)[C@]2(C)[C@@H]3c4cc(Br)ccc4OC(=O)[C@@]32C(=O)c2ccco2)cc1. The molecule has 0 unspecified atom stereocenters. The van der Waals surface area contributed by atoms with Gasteiger partial charge in [0.25, 0.3) is 0 Å². The maximum Gasteiger partial charge on any atom is 0.327 e. The minimum atomic E-state index is -1.67. The molecule has 1 aromatic heterocycles. The van der Waals surface area contributed by atoms with Crippen molar-refractivity contribution in [3.05, 3.63) is 87.8 Å². The van der Waals surface area contributed by atoms with Crippen LogP contribution in [0.1, 0.15) is 51.8 Å². The van der Waals surface area contributed by atoms with Crippen molar-refractivity contribution in [3.8, 4) is 5.75 Å². The molecule has 1 aliphatic heterocycles. The van der Waals surface area contributed by atoms with Crippen LogP contribution in [0, 0.1) is 10.8 Å². The molecular formula is C25H19BrO5. The molecular weight excluding hydrogens is 460 g/mol. The topological polar surface area (TPSA) is 73.6 Å². The molecule has 0 saturated heterocycles. The second kappa shape index (κ2) is 6.76. The van der Waals surface area contributed by atoms with Crippen molar-refractivity contribution in [2.45, 2.75) is 26.2 Å². The van der Waals surface area contributed by atoms with Gasteiger partial charge in [-0.05, 0) is 42.3 Å². The van der Waals surface area contributed by atoms with E-state index in [9.17, 15) is 14.4 Å². The van der Waals surface area contributed by atoms with Crippen molar-refractivity contribution in [1.82, 2.24) is 0 Å². The molecule has 0 bridgehead atoms. The lowest BCUT2D eigenvalue weighted by molar-refractivity contribution is -0.140. The van der Waals surface area contributed by atoms with Crippen LogP contribution in [0.4, 0.5) is 0 Å². The van der Waals surface area contributed by atoms with Gasteiger partial charge in [0.15, 0.2) is 17.0 Å². The number of halogens is 1. The lowest BCUT2D eigenvalue weighted by Crippen LogP contribution is -2.39. The number of hydrogen-bond acceptors (Lipinski definition) is 5. The van der Waals surface area contributed by atoms with E-state index in [4.69, 9.17) is 9.15 Å². The third-order valence-electron chi connectivity index (χ3n) is 6.75.